The highest BCUT2D eigenvalue weighted by Crippen LogP contribution is 2.33. The van der Waals surface area contributed by atoms with Gasteiger partial charge >= 0.3 is 0 Å². The molecule has 5 rings (SSSR count). The van der Waals surface area contributed by atoms with E-state index in [0.29, 0.717) is 5.58 Å². The Morgan fingerprint density at radius 3 is 2.66 bits per heavy atom. The number of aromatic nitrogens is 1. The number of piperazine rings is 1. The first-order chi connectivity index (χ1) is 15.0. The number of nitrogen functional groups attached to an aromatic ring is 1. The standard InChI is InChI=1S/C22H18ClFN4O3.ClH/c23-13-2-1-3-16-19(13)21(29)20-17(31-16)11-18(22(25)27-20)30-15-5-4-12(10-14(15)24)28-8-6-26-7-9-28;/h1-5,10-11,26H,6-9H2,(H2,25,27);1H. The van der Waals surface area contributed by atoms with Crippen LogP contribution in [0.25, 0.3) is 22.1 Å². The van der Waals surface area contributed by atoms with Gasteiger partial charge in [-0.3, -0.25) is 4.79 Å². The van der Waals surface area contributed by atoms with Gasteiger partial charge in [-0.15, -0.1) is 12.4 Å². The van der Waals surface area contributed by atoms with E-state index >= 15 is 0 Å². The van der Waals surface area contributed by atoms with E-state index in [-0.39, 0.29) is 51.2 Å². The van der Waals surface area contributed by atoms with Gasteiger partial charge in [0.25, 0.3) is 0 Å². The molecule has 10 heteroatoms. The zero-order valence-corrected chi connectivity index (χ0v) is 18.3. The fourth-order valence-electron chi connectivity index (χ4n) is 3.67. The van der Waals surface area contributed by atoms with Crippen molar-refractivity contribution in [1.82, 2.24) is 10.3 Å². The van der Waals surface area contributed by atoms with E-state index in [4.69, 9.17) is 26.5 Å². The lowest BCUT2D eigenvalue weighted by atomic mass is 10.2. The summed E-state index contributed by atoms with van der Waals surface area (Å²) < 4.78 is 26.2. The normalized spacial score (nSPS) is 13.9. The maximum atomic E-state index is 14.7. The van der Waals surface area contributed by atoms with Crippen molar-refractivity contribution in [2.45, 2.75) is 0 Å². The monoisotopic (exact) mass is 476 g/mol. The third kappa shape index (κ3) is 3.92. The van der Waals surface area contributed by atoms with Crippen LogP contribution in [0.5, 0.6) is 11.5 Å². The first-order valence-electron chi connectivity index (χ1n) is 9.76. The highest BCUT2D eigenvalue weighted by Gasteiger charge is 2.18. The van der Waals surface area contributed by atoms with Gasteiger partial charge in [-0.25, -0.2) is 9.37 Å². The third-order valence-electron chi connectivity index (χ3n) is 5.24. The highest BCUT2D eigenvalue weighted by atomic mass is 35.5. The molecule has 0 radical (unpaired) electrons. The van der Waals surface area contributed by atoms with Gasteiger partial charge in [-0.2, -0.15) is 0 Å². The van der Waals surface area contributed by atoms with Crippen LogP contribution in [0, 0.1) is 5.82 Å². The van der Waals surface area contributed by atoms with Gasteiger partial charge in [-0.1, -0.05) is 17.7 Å². The first-order valence-corrected chi connectivity index (χ1v) is 10.1. The van der Waals surface area contributed by atoms with Crippen LogP contribution >= 0.6 is 24.0 Å². The number of ether oxygens (including phenoxy) is 1. The molecule has 32 heavy (non-hydrogen) atoms. The number of halogens is 3. The number of hydrogen-bond acceptors (Lipinski definition) is 7. The molecular formula is C22H19Cl2FN4O3. The number of nitrogens with two attached hydrogens (primary N) is 1. The van der Waals surface area contributed by atoms with Crippen LogP contribution < -0.4 is 26.1 Å². The lowest BCUT2D eigenvalue weighted by Crippen LogP contribution is -2.43. The van der Waals surface area contributed by atoms with E-state index in [1.807, 2.05) is 0 Å². The predicted octanol–water partition coefficient (Wildman–Crippen LogP) is 4.34. The minimum absolute atomic E-state index is 0. The Hall–Kier alpha value is -3.07. The van der Waals surface area contributed by atoms with Gasteiger partial charge < -0.3 is 25.1 Å². The van der Waals surface area contributed by atoms with Crippen molar-refractivity contribution < 1.29 is 13.5 Å². The minimum Gasteiger partial charge on any atom is -0.454 e. The van der Waals surface area contributed by atoms with Crippen molar-refractivity contribution in [3.05, 3.63) is 63.5 Å². The van der Waals surface area contributed by atoms with Gasteiger partial charge in [0.2, 0.25) is 5.43 Å². The summed E-state index contributed by atoms with van der Waals surface area (Å²) in [6.45, 7) is 3.31. The van der Waals surface area contributed by atoms with Crippen molar-refractivity contribution >= 4 is 57.6 Å². The number of nitrogens with one attached hydrogen (secondary N) is 1. The van der Waals surface area contributed by atoms with Gasteiger partial charge in [0.15, 0.2) is 34.2 Å². The van der Waals surface area contributed by atoms with Crippen molar-refractivity contribution in [1.29, 1.82) is 0 Å². The van der Waals surface area contributed by atoms with Crippen LogP contribution in [0.15, 0.2) is 51.7 Å². The summed E-state index contributed by atoms with van der Waals surface area (Å²) in [5.74, 6) is -0.497. The van der Waals surface area contributed by atoms with Gasteiger partial charge in [-0.05, 0) is 24.3 Å². The summed E-state index contributed by atoms with van der Waals surface area (Å²) in [4.78, 5) is 19.0. The highest BCUT2D eigenvalue weighted by molar-refractivity contribution is 6.35. The lowest BCUT2D eigenvalue weighted by molar-refractivity contribution is 0.442. The number of fused-ring (bicyclic) bond motifs is 2. The largest absolute Gasteiger partial charge is 0.454 e. The van der Waals surface area contributed by atoms with E-state index in [1.165, 1.54) is 12.1 Å². The Bertz CT molecular complexity index is 1370. The zero-order chi connectivity index (χ0) is 21.5. The van der Waals surface area contributed by atoms with Gasteiger partial charge in [0.05, 0.1) is 10.4 Å². The lowest BCUT2D eigenvalue weighted by Gasteiger charge is -2.29. The molecule has 0 spiro atoms. The molecule has 0 unspecified atom stereocenters. The maximum Gasteiger partial charge on any atom is 0.220 e. The van der Waals surface area contributed by atoms with Crippen LogP contribution in [-0.4, -0.2) is 31.2 Å². The molecule has 1 fully saturated rings. The fraction of sp³-hybridized carbons (Fsp3) is 0.182. The Balaban J connectivity index is 0.00000245. The minimum atomic E-state index is -0.526. The topological polar surface area (TPSA) is 93.6 Å². The molecule has 1 saturated heterocycles. The Morgan fingerprint density at radius 2 is 1.91 bits per heavy atom. The van der Waals surface area contributed by atoms with Crippen LogP contribution in [0.1, 0.15) is 0 Å². The summed E-state index contributed by atoms with van der Waals surface area (Å²) in [7, 11) is 0. The number of benzene rings is 2. The second kappa shape index (κ2) is 8.82. The number of nitrogens with zero attached hydrogens (tertiary/aromatic N) is 2. The van der Waals surface area contributed by atoms with E-state index in [1.54, 1.807) is 30.3 Å². The van der Waals surface area contributed by atoms with Crippen LogP contribution in [-0.2, 0) is 0 Å². The van der Waals surface area contributed by atoms with Crippen molar-refractivity contribution in [2.75, 3.05) is 36.8 Å². The smallest absolute Gasteiger partial charge is 0.220 e. The van der Waals surface area contributed by atoms with Crippen LogP contribution in [0.4, 0.5) is 15.9 Å². The number of pyridine rings is 1. The van der Waals surface area contributed by atoms with E-state index in [0.717, 1.165) is 31.9 Å². The molecular weight excluding hydrogens is 458 g/mol. The van der Waals surface area contributed by atoms with Crippen molar-refractivity contribution in [3.63, 3.8) is 0 Å². The van der Waals surface area contributed by atoms with Crippen molar-refractivity contribution in [2.24, 2.45) is 0 Å². The van der Waals surface area contributed by atoms with Gasteiger partial charge in [0.1, 0.15) is 5.58 Å². The van der Waals surface area contributed by atoms with Gasteiger partial charge in [0, 0.05) is 44.0 Å². The zero-order valence-electron chi connectivity index (χ0n) is 16.7. The molecule has 1 aliphatic heterocycles. The number of hydrogen-bond donors (Lipinski definition) is 2. The van der Waals surface area contributed by atoms with Crippen LogP contribution in [0.2, 0.25) is 5.02 Å². The van der Waals surface area contributed by atoms with Crippen LogP contribution in [0.3, 0.4) is 0 Å². The van der Waals surface area contributed by atoms with Crippen molar-refractivity contribution in [3.8, 4) is 11.5 Å². The molecule has 0 atom stereocenters. The molecule has 0 bridgehead atoms. The molecule has 0 amide bonds. The summed E-state index contributed by atoms with van der Waals surface area (Å²) in [5.41, 5.74) is 6.89. The summed E-state index contributed by atoms with van der Waals surface area (Å²) >= 11 is 6.14. The second-order valence-electron chi connectivity index (χ2n) is 7.22. The molecule has 2 aromatic heterocycles. The Kier molecular flexibility index (Phi) is 6.10. The molecule has 7 nitrogen and oxygen atoms in total. The molecule has 1 aliphatic rings. The van der Waals surface area contributed by atoms with E-state index in [2.05, 4.69) is 15.2 Å². The summed E-state index contributed by atoms with van der Waals surface area (Å²) in [6.07, 6.45) is 0. The van der Waals surface area contributed by atoms with E-state index in [9.17, 15) is 9.18 Å². The maximum absolute atomic E-state index is 14.7. The Morgan fingerprint density at radius 1 is 1.12 bits per heavy atom. The summed E-state index contributed by atoms with van der Waals surface area (Å²) in [6, 6.07) is 11.1. The average Bonchev–Trinajstić information content (AvgIpc) is 2.77. The molecule has 4 aromatic rings. The second-order valence-corrected chi connectivity index (χ2v) is 7.62. The quantitative estimate of drug-likeness (QED) is 0.424. The first kappa shape index (κ1) is 22.1. The number of anilines is 2. The average molecular weight is 477 g/mol. The molecule has 166 valence electrons. The fourth-order valence-corrected chi connectivity index (χ4v) is 3.92. The Labute approximate surface area is 193 Å². The SMILES string of the molecule is Cl.Nc1nc2c(=O)c3c(Cl)cccc3oc2cc1Oc1ccc(N2CCNCC2)cc1F. The summed E-state index contributed by atoms with van der Waals surface area (Å²) in [5, 5.41) is 3.76. The molecule has 3 heterocycles. The third-order valence-corrected chi connectivity index (χ3v) is 5.55. The predicted molar refractivity (Wildman–Crippen MR) is 126 cm³/mol. The van der Waals surface area contributed by atoms with E-state index < -0.39 is 11.2 Å². The number of rotatable bonds is 3. The molecule has 2 aromatic carbocycles. The molecule has 0 saturated carbocycles. The molecule has 3 N–H and O–H groups in total. The molecule has 0 aliphatic carbocycles.